The summed E-state index contributed by atoms with van der Waals surface area (Å²) in [6.07, 6.45) is 2.37. The van der Waals surface area contributed by atoms with E-state index in [-0.39, 0.29) is 0 Å². The fourth-order valence-electron chi connectivity index (χ4n) is 2.68. The minimum absolute atomic E-state index is 0.776. The highest BCUT2D eigenvalue weighted by molar-refractivity contribution is 7.19. The highest BCUT2D eigenvalue weighted by Crippen LogP contribution is 2.28. The number of hydrogen-bond donors (Lipinski definition) is 3. The molecule has 2 rings (SSSR count). The van der Waals surface area contributed by atoms with E-state index in [0.29, 0.717) is 0 Å². The second kappa shape index (κ2) is 9.10. The smallest absolute Gasteiger partial charge is 0.137 e. The lowest BCUT2D eigenvalue weighted by Gasteiger charge is -2.18. The highest BCUT2D eigenvalue weighted by Gasteiger charge is 2.09. The molecule has 2 aromatic rings. The van der Waals surface area contributed by atoms with Crippen molar-refractivity contribution in [1.82, 2.24) is 0 Å². The second-order valence-electron chi connectivity index (χ2n) is 5.82. The molecule has 122 valence electrons. The van der Waals surface area contributed by atoms with E-state index in [1.54, 1.807) is 4.90 Å². The first-order chi connectivity index (χ1) is 10.7. The van der Waals surface area contributed by atoms with Crippen LogP contribution in [0.3, 0.4) is 0 Å². The van der Waals surface area contributed by atoms with Crippen molar-refractivity contribution in [3.05, 3.63) is 29.1 Å². The number of quaternary nitrogens is 3. The zero-order valence-electron chi connectivity index (χ0n) is 13.7. The summed E-state index contributed by atoms with van der Waals surface area (Å²) >= 11 is 1.84. The largest absolute Gasteiger partial charge is 0.488 e. The van der Waals surface area contributed by atoms with Gasteiger partial charge in [0.15, 0.2) is 0 Å². The van der Waals surface area contributed by atoms with Gasteiger partial charge in [-0.25, -0.2) is 0 Å². The van der Waals surface area contributed by atoms with Gasteiger partial charge in [0.2, 0.25) is 0 Å². The van der Waals surface area contributed by atoms with Gasteiger partial charge in [0.05, 0.1) is 26.2 Å². The Balaban J connectivity index is 1.83. The summed E-state index contributed by atoms with van der Waals surface area (Å²) in [5, 5.41) is 1.29. The molecule has 1 aromatic carbocycles. The zero-order valence-corrected chi connectivity index (χ0v) is 14.5. The Hall–Kier alpha value is -1.14. The van der Waals surface area contributed by atoms with Crippen LogP contribution < -0.4 is 21.1 Å². The van der Waals surface area contributed by atoms with Gasteiger partial charge < -0.3 is 21.1 Å². The van der Waals surface area contributed by atoms with Gasteiger partial charge in [-0.05, 0) is 36.6 Å². The second-order valence-corrected chi connectivity index (χ2v) is 7.11. The molecule has 0 aliphatic carbocycles. The number of thiophene rings is 1. The summed E-state index contributed by atoms with van der Waals surface area (Å²) in [4.78, 5) is 2.96. The Morgan fingerprint density at radius 1 is 1.05 bits per heavy atom. The molecule has 5 heteroatoms. The summed E-state index contributed by atoms with van der Waals surface area (Å²) in [6, 6.07) is 8.64. The molecule has 0 saturated carbocycles. The maximum Gasteiger partial charge on any atom is 0.137 e. The summed E-state index contributed by atoms with van der Waals surface area (Å²) in [5.74, 6) is 0.985. The summed E-state index contributed by atoms with van der Waals surface area (Å²) in [5.41, 5.74) is 7.88. The molecule has 0 saturated heterocycles. The van der Waals surface area contributed by atoms with E-state index >= 15 is 0 Å². The van der Waals surface area contributed by atoms with Gasteiger partial charge in [-0.1, -0.05) is 0 Å². The summed E-state index contributed by atoms with van der Waals surface area (Å²) < 4.78 is 7.30. The van der Waals surface area contributed by atoms with E-state index in [2.05, 4.69) is 42.7 Å². The van der Waals surface area contributed by atoms with Crippen molar-refractivity contribution in [2.45, 2.75) is 19.8 Å². The molecular weight excluding hydrogens is 294 g/mol. The van der Waals surface area contributed by atoms with Crippen LogP contribution in [0.1, 0.15) is 17.7 Å². The third kappa shape index (κ3) is 5.25. The van der Waals surface area contributed by atoms with Gasteiger partial charge in [-0.2, -0.15) is 0 Å². The van der Waals surface area contributed by atoms with Crippen LogP contribution in [0.5, 0.6) is 5.75 Å². The predicted octanol–water partition coefficient (Wildman–Crippen LogP) is -0.263. The normalized spacial score (nSPS) is 11.5. The Morgan fingerprint density at radius 3 is 2.45 bits per heavy atom. The Labute approximate surface area is 137 Å². The molecule has 0 amide bonds. The topological polar surface area (TPSA) is 69.0 Å². The van der Waals surface area contributed by atoms with Gasteiger partial charge in [-0.15, -0.1) is 11.3 Å². The monoisotopic (exact) mass is 324 g/mol. The van der Waals surface area contributed by atoms with E-state index in [4.69, 9.17) is 4.74 Å². The van der Waals surface area contributed by atoms with Crippen LogP contribution in [0.4, 0.5) is 0 Å². The van der Waals surface area contributed by atoms with Gasteiger partial charge in [0.25, 0.3) is 0 Å². The van der Waals surface area contributed by atoms with Gasteiger partial charge in [-0.3, -0.25) is 0 Å². The van der Waals surface area contributed by atoms with E-state index < -0.39 is 0 Å². The van der Waals surface area contributed by atoms with E-state index in [9.17, 15) is 0 Å². The molecule has 1 heterocycles. The highest BCUT2D eigenvalue weighted by atomic mass is 32.1. The van der Waals surface area contributed by atoms with Crippen molar-refractivity contribution in [3.63, 3.8) is 0 Å². The van der Waals surface area contributed by atoms with Gasteiger partial charge in [0.1, 0.15) is 18.9 Å². The van der Waals surface area contributed by atoms with E-state index in [1.807, 2.05) is 11.3 Å². The standard InChI is InChI=1S/C17H27N3OS/c1-14-12-15-13-16(4-5-17(15)22-14)21-11-10-20(8-2-6-18)9-3-7-19/h4-5,12-13H,2-3,6-11,18-19H2,1H3/p+3. The molecule has 0 bridgehead atoms. The van der Waals surface area contributed by atoms with Crippen molar-refractivity contribution >= 4 is 21.4 Å². The molecular formula is C17H30N3OS+3. The molecule has 0 unspecified atom stereocenters. The van der Waals surface area contributed by atoms with Crippen molar-refractivity contribution in [2.75, 3.05) is 39.3 Å². The lowest BCUT2D eigenvalue weighted by atomic mass is 10.2. The number of ether oxygens (including phenoxy) is 1. The molecule has 0 spiro atoms. The fraction of sp³-hybridized carbons (Fsp3) is 0.529. The van der Waals surface area contributed by atoms with E-state index in [1.165, 1.54) is 40.9 Å². The SMILES string of the molecule is Cc1cc2cc(OCC[NH+](CCC[NH3+])CCC[NH3+])ccc2s1. The molecule has 7 N–H and O–H groups in total. The van der Waals surface area contributed by atoms with Crippen molar-refractivity contribution in [3.8, 4) is 5.75 Å². The van der Waals surface area contributed by atoms with Crippen LogP contribution in [0, 0.1) is 6.92 Å². The number of aryl methyl sites for hydroxylation is 1. The third-order valence-corrected chi connectivity index (χ3v) is 4.93. The first-order valence-corrected chi connectivity index (χ1v) is 9.09. The van der Waals surface area contributed by atoms with Crippen LogP contribution in [0.2, 0.25) is 0 Å². The van der Waals surface area contributed by atoms with Gasteiger partial charge >= 0.3 is 0 Å². The lowest BCUT2D eigenvalue weighted by molar-refractivity contribution is -0.901. The Morgan fingerprint density at radius 2 is 1.77 bits per heavy atom. The quantitative estimate of drug-likeness (QED) is 0.554. The summed E-state index contributed by atoms with van der Waals surface area (Å²) in [7, 11) is 0. The van der Waals surface area contributed by atoms with Crippen LogP contribution in [0.25, 0.3) is 10.1 Å². The molecule has 1 aromatic heterocycles. The number of hydrogen-bond acceptors (Lipinski definition) is 2. The minimum Gasteiger partial charge on any atom is -0.488 e. The number of rotatable bonds is 10. The fourth-order valence-corrected chi connectivity index (χ4v) is 3.59. The van der Waals surface area contributed by atoms with Crippen molar-refractivity contribution in [1.29, 1.82) is 0 Å². The molecule has 0 atom stereocenters. The first kappa shape index (κ1) is 17.2. The zero-order chi connectivity index (χ0) is 15.8. The Kier molecular flexibility index (Phi) is 7.12. The summed E-state index contributed by atoms with van der Waals surface area (Å²) in [6.45, 7) is 8.40. The molecule has 0 fully saturated rings. The molecule has 0 aliphatic rings. The van der Waals surface area contributed by atoms with Crippen LogP contribution in [-0.2, 0) is 0 Å². The van der Waals surface area contributed by atoms with Crippen LogP contribution in [0.15, 0.2) is 24.3 Å². The third-order valence-electron chi connectivity index (χ3n) is 3.90. The number of benzene rings is 1. The van der Waals surface area contributed by atoms with E-state index in [0.717, 1.165) is 32.0 Å². The molecule has 4 nitrogen and oxygen atoms in total. The van der Waals surface area contributed by atoms with Crippen molar-refractivity contribution < 1.29 is 21.1 Å². The average molecular weight is 325 g/mol. The predicted molar refractivity (Wildman–Crippen MR) is 92.4 cm³/mol. The molecule has 22 heavy (non-hydrogen) atoms. The Bertz CT molecular complexity index is 562. The minimum atomic E-state index is 0.776. The van der Waals surface area contributed by atoms with Crippen LogP contribution in [-0.4, -0.2) is 39.3 Å². The average Bonchev–Trinajstić information content (AvgIpc) is 2.88. The lowest BCUT2D eigenvalue weighted by Crippen LogP contribution is -3.13. The number of fused-ring (bicyclic) bond motifs is 1. The number of nitrogens with one attached hydrogen (secondary N) is 1. The molecule has 0 aliphatic heterocycles. The van der Waals surface area contributed by atoms with Gasteiger partial charge in [0, 0.05) is 22.4 Å². The maximum absolute atomic E-state index is 5.97. The van der Waals surface area contributed by atoms with Crippen molar-refractivity contribution in [2.24, 2.45) is 0 Å². The maximum atomic E-state index is 5.97. The first-order valence-electron chi connectivity index (χ1n) is 8.28. The van der Waals surface area contributed by atoms with Crippen LogP contribution >= 0.6 is 11.3 Å². The molecule has 0 radical (unpaired) electrons.